The largest absolute Gasteiger partial charge is 0.462 e. The van der Waals surface area contributed by atoms with Gasteiger partial charge >= 0.3 is 17.9 Å². The van der Waals surface area contributed by atoms with Crippen LogP contribution in [0.4, 0.5) is 0 Å². The molecule has 0 aromatic heterocycles. The topological polar surface area (TPSA) is 78.9 Å². The van der Waals surface area contributed by atoms with Crippen molar-refractivity contribution < 1.29 is 28.6 Å². The molecule has 0 aliphatic rings. The summed E-state index contributed by atoms with van der Waals surface area (Å²) >= 11 is 0. The molecule has 0 amide bonds. The number of carbonyl (C=O) groups excluding carboxylic acids is 3. The maximum Gasteiger partial charge on any atom is 0.306 e. The van der Waals surface area contributed by atoms with Gasteiger partial charge in [0.25, 0.3) is 0 Å². The Balaban J connectivity index is 4.39. The number of hydrogen-bond acceptors (Lipinski definition) is 6. The Morgan fingerprint density at radius 1 is 0.328 bits per heavy atom. The van der Waals surface area contributed by atoms with Crippen molar-refractivity contribution >= 4 is 17.9 Å². The van der Waals surface area contributed by atoms with Gasteiger partial charge < -0.3 is 14.2 Å². The molecular weight excluding hydrogens is 793 g/mol. The van der Waals surface area contributed by atoms with Crippen LogP contribution in [0.2, 0.25) is 0 Å². The molecule has 1 atom stereocenters. The van der Waals surface area contributed by atoms with Crippen LogP contribution >= 0.6 is 0 Å². The van der Waals surface area contributed by atoms with Gasteiger partial charge in [0.2, 0.25) is 0 Å². The number of rotatable bonds is 50. The predicted octanol–water partition coefficient (Wildman–Crippen LogP) is 18.3. The van der Waals surface area contributed by atoms with Crippen molar-refractivity contribution in [2.75, 3.05) is 13.2 Å². The highest BCUT2D eigenvalue weighted by Gasteiger charge is 2.19. The Bertz CT molecular complexity index is 1120. The second kappa shape index (κ2) is 53.0. The van der Waals surface area contributed by atoms with E-state index >= 15 is 0 Å². The van der Waals surface area contributed by atoms with Crippen molar-refractivity contribution in [1.29, 1.82) is 0 Å². The molecule has 1 unspecified atom stereocenters. The normalized spacial score (nSPS) is 12.4. The van der Waals surface area contributed by atoms with Gasteiger partial charge in [-0.3, -0.25) is 14.4 Å². The van der Waals surface area contributed by atoms with Crippen LogP contribution in [-0.2, 0) is 28.6 Å². The van der Waals surface area contributed by atoms with Gasteiger partial charge in [0.05, 0.1) is 0 Å². The van der Waals surface area contributed by atoms with Gasteiger partial charge in [-0.15, -0.1) is 0 Å². The third-order valence-corrected chi connectivity index (χ3v) is 12.1. The summed E-state index contributed by atoms with van der Waals surface area (Å²) in [6.07, 6.45) is 63.8. The van der Waals surface area contributed by atoms with E-state index in [4.69, 9.17) is 14.2 Å². The number of allylic oxidation sites excluding steroid dienone is 8. The zero-order valence-corrected chi connectivity index (χ0v) is 42.6. The smallest absolute Gasteiger partial charge is 0.306 e. The Labute approximate surface area is 397 Å². The van der Waals surface area contributed by atoms with E-state index in [1.165, 1.54) is 148 Å². The van der Waals surface area contributed by atoms with Crippen LogP contribution in [0.3, 0.4) is 0 Å². The second-order valence-corrected chi connectivity index (χ2v) is 18.5. The maximum absolute atomic E-state index is 12.8. The molecule has 0 aliphatic heterocycles. The summed E-state index contributed by atoms with van der Waals surface area (Å²) in [5.41, 5.74) is 0. The summed E-state index contributed by atoms with van der Waals surface area (Å²) in [6, 6.07) is 0. The average molecular weight is 897 g/mol. The van der Waals surface area contributed by atoms with Crippen LogP contribution in [0.5, 0.6) is 0 Å². The molecule has 0 aromatic rings. The van der Waals surface area contributed by atoms with E-state index in [9.17, 15) is 14.4 Å². The molecule has 0 rings (SSSR count). The van der Waals surface area contributed by atoms with Gasteiger partial charge in [0.1, 0.15) is 13.2 Å². The van der Waals surface area contributed by atoms with Crippen LogP contribution < -0.4 is 0 Å². The number of ether oxygens (including phenoxy) is 3. The van der Waals surface area contributed by atoms with Crippen molar-refractivity contribution in [3.05, 3.63) is 48.6 Å². The van der Waals surface area contributed by atoms with Gasteiger partial charge in [0, 0.05) is 19.3 Å². The summed E-state index contributed by atoms with van der Waals surface area (Å²) in [6.45, 7) is 6.53. The lowest BCUT2D eigenvalue weighted by Gasteiger charge is -2.18. The third-order valence-electron chi connectivity index (χ3n) is 12.1. The second-order valence-electron chi connectivity index (χ2n) is 18.5. The molecular formula is C58H104O6. The highest BCUT2D eigenvalue weighted by Crippen LogP contribution is 2.16. The molecule has 372 valence electrons. The standard InChI is InChI=1S/C58H104O6/c1-4-7-10-13-16-19-22-25-28-30-33-36-39-42-45-48-51-57(60)63-54-55(53-62-56(59)50-47-44-41-38-35-32-27-24-21-18-15-12-9-6-3)64-58(61)52-49-46-43-40-37-34-31-29-26-23-20-17-14-11-8-5-2/h9,12,18,21,27-28,30,32,55H,4-8,10-11,13-17,19-20,22-26,29,31,33-54H2,1-3H3/b12-9-,21-18-,30-28-,32-27-. The molecule has 6 nitrogen and oxygen atoms in total. The summed E-state index contributed by atoms with van der Waals surface area (Å²) in [5.74, 6) is -0.900. The van der Waals surface area contributed by atoms with E-state index in [1.807, 2.05) is 0 Å². The summed E-state index contributed by atoms with van der Waals surface area (Å²) in [4.78, 5) is 38.1. The average Bonchev–Trinajstić information content (AvgIpc) is 3.29. The molecule has 0 fully saturated rings. The van der Waals surface area contributed by atoms with E-state index in [0.29, 0.717) is 19.3 Å². The van der Waals surface area contributed by atoms with E-state index in [-0.39, 0.29) is 31.1 Å². The van der Waals surface area contributed by atoms with Crippen LogP contribution in [0.15, 0.2) is 48.6 Å². The fourth-order valence-electron chi connectivity index (χ4n) is 7.92. The fraction of sp³-hybridized carbons (Fsp3) is 0.810. The summed E-state index contributed by atoms with van der Waals surface area (Å²) in [7, 11) is 0. The molecule has 0 radical (unpaired) electrons. The molecule has 0 saturated heterocycles. The molecule has 64 heavy (non-hydrogen) atoms. The summed E-state index contributed by atoms with van der Waals surface area (Å²) < 4.78 is 16.8. The van der Waals surface area contributed by atoms with Crippen molar-refractivity contribution in [3.8, 4) is 0 Å². The van der Waals surface area contributed by atoms with Gasteiger partial charge in [-0.2, -0.15) is 0 Å². The fourth-order valence-corrected chi connectivity index (χ4v) is 7.92. The Morgan fingerprint density at radius 3 is 0.969 bits per heavy atom. The Kier molecular flexibility index (Phi) is 50.8. The first kappa shape index (κ1) is 61.4. The zero-order chi connectivity index (χ0) is 46.5. The van der Waals surface area contributed by atoms with E-state index < -0.39 is 6.10 Å². The Morgan fingerprint density at radius 2 is 0.609 bits per heavy atom. The minimum absolute atomic E-state index is 0.0821. The van der Waals surface area contributed by atoms with Crippen molar-refractivity contribution in [2.24, 2.45) is 0 Å². The highest BCUT2D eigenvalue weighted by atomic mass is 16.6. The lowest BCUT2D eigenvalue weighted by Crippen LogP contribution is -2.30. The lowest BCUT2D eigenvalue weighted by atomic mass is 10.0. The van der Waals surface area contributed by atoms with Crippen LogP contribution in [0.25, 0.3) is 0 Å². The van der Waals surface area contributed by atoms with Gasteiger partial charge in [0.15, 0.2) is 6.10 Å². The molecule has 0 bridgehead atoms. The van der Waals surface area contributed by atoms with Crippen molar-refractivity contribution in [3.63, 3.8) is 0 Å². The van der Waals surface area contributed by atoms with Crippen LogP contribution in [0, 0.1) is 0 Å². The zero-order valence-electron chi connectivity index (χ0n) is 42.6. The monoisotopic (exact) mass is 897 g/mol. The molecule has 0 N–H and O–H groups in total. The first-order chi connectivity index (χ1) is 31.5. The predicted molar refractivity (Wildman–Crippen MR) is 275 cm³/mol. The van der Waals surface area contributed by atoms with Crippen molar-refractivity contribution in [1.82, 2.24) is 0 Å². The SMILES string of the molecule is CC/C=C\C/C=C\C/C=C\CCCCCCC(=O)OCC(COC(=O)CCCCCCC/C=C\CCCCCCCCC)OC(=O)CCCCCCCCCCCCCCCCCC. The van der Waals surface area contributed by atoms with E-state index in [2.05, 4.69) is 69.4 Å². The molecule has 0 aliphatic carbocycles. The lowest BCUT2D eigenvalue weighted by molar-refractivity contribution is -0.167. The van der Waals surface area contributed by atoms with E-state index in [0.717, 1.165) is 96.3 Å². The van der Waals surface area contributed by atoms with Crippen LogP contribution in [-0.4, -0.2) is 37.2 Å². The van der Waals surface area contributed by atoms with Gasteiger partial charge in [-0.05, 0) is 77.0 Å². The minimum atomic E-state index is -0.783. The molecule has 6 heteroatoms. The maximum atomic E-state index is 12.8. The number of esters is 3. The molecule has 0 aromatic carbocycles. The first-order valence-corrected chi connectivity index (χ1v) is 27.6. The number of unbranched alkanes of at least 4 members (excludes halogenated alkanes) is 31. The Hall–Kier alpha value is -2.63. The quantitative estimate of drug-likeness (QED) is 0.0262. The first-order valence-electron chi connectivity index (χ1n) is 27.6. The van der Waals surface area contributed by atoms with Gasteiger partial charge in [-0.1, -0.05) is 236 Å². The number of hydrogen-bond donors (Lipinski definition) is 0. The van der Waals surface area contributed by atoms with Gasteiger partial charge in [-0.25, -0.2) is 0 Å². The minimum Gasteiger partial charge on any atom is -0.462 e. The van der Waals surface area contributed by atoms with Crippen molar-refractivity contribution in [2.45, 2.75) is 290 Å². The highest BCUT2D eigenvalue weighted by molar-refractivity contribution is 5.71. The van der Waals surface area contributed by atoms with Crippen LogP contribution in [0.1, 0.15) is 284 Å². The molecule has 0 heterocycles. The number of carbonyl (C=O) groups is 3. The molecule has 0 saturated carbocycles. The summed E-state index contributed by atoms with van der Waals surface area (Å²) in [5, 5.41) is 0. The third kappa shape index (κ3) is 50.4. The molecule has 0 spiro atoms. The van der Waals surface area contributed by atoms with E-state index in [1.54, 1.807) is 0 Å².